The quantitative estimate of drug-likeness (QED) is 0.266. The van der Waals surface area contributed by atoms with Crippen molar-refractivity contribution in [1.82, 2.24) is 0 Å². The maximum absolute atomic E-state index is 8.16. The number of halogens is 2. The molecular weight excluding hydrogens is 490 g/mol. The molecule has 29 heavy (non-hydrogen) atoms. The number of allylic oxidation sites excluding steroid dienone is 3. The molecule has 151 valence electrons. The number of fused-ring (bicyclic) bond motifs is 2. The third-order valence-corrected chi connectivity index (χ3v) is 57.8. The molecule has 0 aromatic heterocycles. The first kappa shape index (κ1) is 21.6. The summed E-state index contributed by atoms with van der Waals surface area (Å²) in [5.74, 6) is -1.48. The van der Waals surface area contributed by atoms with Crippen molar-refractivity contribution in [2.24, 2.45) is 0 Å². The summed E-state index contributed by atoms with van der Waals surface area (Å²) in [7, 11) is 16.3. The van der Waals surface area contributed by atoms with Gasteiger partial charge in [0, 0.05) is 0 Å². The molecule has 0 N–H and O–H groups in total. The van der Waals surface area contributed by atoms with E-state index in [1.165, 1.54) is 33.4 Å². The van der Waals surface area contributed by atoms with Gasteiger partial charge >= 0.3 is 185 Å². The van der Waals surface area contributed by atoms with Gasteiger partial charge in [-0.2, -0.15) is 0 Å². The van der Waals surface area contributed by atoms with Gasteiger partial charge in [-0.15, -0.1) is 0 Å². The van der Waals surface area contributed by atoms with Crippen LogP contribution in [-0.2, 0) is 15.6 Å². The molecule has 3 atom stereocenters. The molecule has 0 bridgehead atoms. The van der Waals surface area contributed by atoms with Crippen LogP contribution >= 0.6 is 17.0 Å². The fourth-order valence-corrected chi connectivity index (χ4v) is 47.6. The van der Waals surface area contributed by atoms with Crippen molar-refractivity contribution >= 4 is 35.1 Å². The fourth-order valence-electron chi connectivity index (χ4n) is 5.80. The number of hydrogen-bond donors (Lipinski definition) is 0. The van der Waals surface area contributed by atoms with E-state index in [1.807, 2.05) is 6.08 Å². The zero-order valence-corrected chi connectivity index (χ0v) is 22.6. The molecule has 0 heterocycles. The molecule has 4 rings (SSSR count). The molecular formula is C25H29Cl2SiZr. The Hall–Kier alpha value is -0.660. The molecule has 0 fully saturated rings. The average molecular weight is 520 g/mol. The molecule has 2 aliphatic rings. The van der Waals surface area contributed by atoms with Crippen LogP contribution in [-0.4, -0.2) is 5.92 Å². The van der Waals surface area contributed by atoms with Crippen LogP contribution in [0.15, 0.2) is 72.3 Å². The van der Waals surface area contributed by atoms with Gasteiger partial charge in [0.15, 0.2) is 0 Å². The van der Waals surface area contributed by atoms with E-state index in [1.54, 1.807) is 0 Å². The molecule has 4 heteroatoms. The maximum atomic E-state index is 8.16. The van der Waals surface area contributed by atoms with Gasteiger partial charge in [-0.05, 0) is 0 Å². The Morgan fingerprint density at radius 1 is 0.897 bits per heavy atom. The molecule has 0 amide bonds. The predicted molar refractivity (Wildman–Crippen MR) is 130 cm³/mol. The van der Waals surface area contributed by atoms with E-state index < -0.39 is 21.5 Å². The van der Waals surface area contributed by atoms with Gasteiger partial charge in [0.2, 0.25) is 0 Å². The Morgan fingerprint density at radius 2 is 1.34 bits per heavy atom. The second-order valence-corrected chi connectivity index (χ2v) is 50.2. The van der Waals surface area contributed by atoms with Gasteiger partial charge < -0.3 is 0 Å². The van der Waals surface area contributed by atoms with Crippen LogP contribution in [0.3, 0.4) is 0 Å². The Kier molecular flexibility index (Phi) is 5.79. The van der Waals surface area contributed by atoms with Crippen molar-refractivity contribution in [2.45, 2.75) is 40.1 Å². The fraction of sp³-hybridized carbons (Fsp3) is 0.280. The Morgan fingerprint density at radius 3 is 1.79 bits per heavy atom. The van der Waals surface area contributed by atoms with Crippen molar-refractivity contribution in [1.29, 1.82) is 0 Å². The molecule has 2 aromatic rings. The summed E-state index contributed by atoms with van der Waals surface area (Å²) in [4.78, 5) is 0. The van der Waals surface area contributed by atoms with Gasteiger partial charge in [0.25, 0.3) is 0 Å². The Balaban J connectivity index is 1.97. The van der Waals surface area contributed by atoms with E-state index in [2.05, 4.69) is 87.7 Å². The van der Waals surface area contributed by atoms with E-state index >= 15 is 0 Å². The van der Waals surface area contributed by atoms with E-state index in [0.717, 1.165) is 12.5 Å². The normalized spacial score (nSPS) is 22.7. The van der Waals surface area contributed by atoms with Gasteiger partial charge in [0.1, 0.15) is 0 Å². The van der Waals surface area contributed by atoms with E-state index in [4.69, 9.17) is 17.0 Å². The molecule has 2 aliphatic carbocycles. The van der Waals surface area contributed by atoms with E-state index in [9.17, 15) is 0 Å². The van der Waals surface area contributed by atoms with Crippen molar-refractivity contribution in [3.63, 3.8) is 0 Å². The van der Waals surface area contributed by atoms with Gasteiger partial charge in [-0.1, -0.05) is 0 Å². The minimum atomic E-state index is -4.46. The first-order valence-corrected chi connectivity index (χ1v) is 26.5. The van der Waals surface area contributed by atoms with E-state index in [0.29, 0.717) is 0 Å². The van der Waals surface area contributed by atoms with Crippen LogP contribution in [0.25, 0.3) is 12.2 Å². The van der Waals surface area contributed by atoms with Crippen LogP contribution in [0, 0.1) is 0 Å². The summed E-state index contributed by atoms with van der Waals surface area (Å²) in [6.45, 7) is 10.9. The van der Waals surface area contributed by atoms with Crippen LogP contribution in [0.4, 0.5) is 0 Å². The Bertz CT molecular complexity index is 965. The second kappa shape index (κ2) is 7.79. The van der Waals surface area contributed by atoms with Gasteiger partial charge in [0.05, 0.1) is 0 Å². The molecule has 0 radical (unpaired) electrons. The standard InChI is InChI=1S/2C10H9.C5H11Si.2ClH.Zr/c2*1-8-6-9-4-2-3-5-10(9)7-8;1-3-4-5-6-2;;;/h2*2-7H,1H3;3,6H,1,4-5H2,2H3;2*1H;/q;;;;;+2/p-2. The average Bonchev–Trinajstić information content (AvgIpc) is 3.22. The topological polar surface area (TPSA) is 0 Å². The zero-order chi connectivity index (χ0) is 20.8. The summed E-state index contributed by atoms with van der Waals surface area (Å²) >= 11 is -4.46. The van der Waals surface area contributed by atoms with Crippen molar-refractivity contribution in [3.05, 3.63) is 94.6 Å². The first-order valence-electron chi connectivity index (χ1n) is 10.5. The van der Waals surface area contributed by atoms with Gasteiger partial charge in [-0.25, -0.2) is 0 Å². The SMILES string of the molecule is C=CCC[SiH](C)[Zr]([Cl])([Cl])([CH]1C(C)=Cc2ccccc21)[CH]1C(C)=Cc2ccccc21. The summed E-state index contributed by atoms with van der Waals surface area (Å²) in [6.07, 6.45) is 7.69. The van der Waals surface area contributed by atoms with Crippen LogP contribution in [0.2, 0.25) is 12.6 Å². The minimum absolute atomic E-state index is 0.196. The molecule has 0 saturated carbocycles. The number of benzene rings is 2. The van der Waals surface area contributed by atoms with Crippen LogP contribution in [0.5, 0.6) is 0 Å². The van der Waals surface area contributed by atoms with E-state index in [-0.39, 0.29) is 7.25 Å². The van der Waals surface area contributed by atoms with Crippen molar-refractivity contribution in [2.75, 3.05) is 0 Å². The third kappa shape index (κ3) is 3.26. The summed E-state index contributed by atoms with van der Waals surface area (Å²) in [5.41, 5.74) is 8.03. The van der Waals surface area contributed by atoms with Crippen LogP contribution < -0.4 is 0 Å². The number of hydrogen-bond acceptors (Lipinski definition) is 0. The summed E-state index contributed by atoms with van der Waals surface area (Å²) in [5, 5.41) is 0. The van der Waals surface area contributed by atoms with Crippen molar-refractivity contribution < 1.29 is 15.6 Å². The molecule has 0 aliphatic heterocycles. The summed E-state index contributed by atoms with van der Waals surface area (Å²) < 4.78 is 0.393. The Labute approximate surface area is 184 Å². The molecule has 0 saturated heterocycles. The molecule has 0 nitrogen and oxygen atoms in total. The molecule has 3 unspecified atom stereocenters. The number of rotatable bonds is 6. The van der Waals surface area contributed by atoms with Crippen LogP contribution in [0.1, 0.15) is 49.8 Å². The molecule has 2 aromatic carbocycles. The van der Waals surface area contributed by atoms with Gasteiger partial charge in [-0.3, -0.25) is 0 Å². The summed E-state index contributed by atoms with van der Waals surface area (Å²) in [6, 6.07) is 18.6. The monoisotopic (exact) mass is 517 g/mol. The first-order chi connectivity index (χ1) is 13.8. The predicted octanol–water partition coefficient (Wildman–Crippen LogP) is 8.23. The second-order valence-electron chi connectivity index (χ2n) is 8.89. The molecule has 0 spiro atoms. The third-order valence-electron chi connectivity index (χ3n) is 7.14. The van der Waals surface area contributed by atoms with Crippen molar-refractivity contribution in [3.8, 4) is 0 Å². The zero-order valence-electron chi connectivity index (χ0n) is 17.5.